The summed E-state index contributed by atoms with van der Waals surface area (Å²) < 4.78 is 31.1. The molecule has 1 aromatic rings. The van der Waals surface area contributed by atoms with Gasteiger partial charge in [-0.05, 0) is 39.0 Å². The highest BCUT2D eigenvalue weighted by Crippen LogP contribution is 2.35. The average Bonchev–Trinajstić information content (AvgIpc) is 2.35. The molecule has 0 saturated heterocycles. The summed E-state index contributed by atoms with van der Waals surface area (Å²) in [6.07, 6.45) is -4.61. The molecule has 23 heavy (non-hydrogen) atoms. The minimum absolute atomic E-state index is 0.114. The Bertz CT molecular complexity index is 584. The number of amides is 1. The number of alkyl halides is 2. The minimum Gasteiger partial charge on any atom is -0.508 e. The molecule has 1 atom stereocenters. The number of ether oxygens (including phenoxy) is 1. The van der Waals surface area contributed by atoms with Crippen molar-refractivity contribution < 1.29 is 33.3 Å². The number of aromatic hydroxyl groups is 1. The number of carboxylic acid groups (broad SMARTS) is 1. The summed E-state index contributed by atoms with van der Waals surface area (Å²) in [6.45, 7) is 4.98. The van der Waals surface area contributed by atoms with E-state index in [9.17, 15) is 23.5 Å². The van der Waals surface area contributed by atoms with Crippen molar-refractivity contribution in [3.8, 4) is 5.75 Å². The van der Waals surface area contributed by atoms with Gasteiger partial charge in [0.15, 0.2) is 0 Å². The van der Waals surface area contributed by atoms with Gasteiger partial charge in [-0.25, -0.2) is 13.6 Å². The fourth-order valence-corrected chi connectivity index (χ4v) is 1.87. The molecule has 0 radical (unpaired) electrons. The predicted molar refractivity (Wildman–Crippen MR) is 79.0 cm³/mol. The van der Waals surface area contributed by atoms with Crippen molar-refractivity contribution in [1.82, 2.24) is 0 Å². The van der Waals surface area contributed by atoms with Crippen LogP contribution in [0.4, 0.5) is 19.3 Å². The van der Waals surface area contributed by atoms with E-state index < -0.39 is 42.2 Å². The molecular weight excluding hydrogens is 312 g/mol. The van der Waals surface area contributed by atoms with Crippen molar-refractivity contribution in [2.75, 3.05) is 5.32 Å². The number of carbonyl (C=O) groups excluding carboxylic acids is 1. The molecule has 0 bridgehead atoms. The molecule has 0 aliphatic rings. The molecule has 1 aromatic carbocycles. The maximum absolute atomic E-state index is 13.1. The fraction of sp³-hybridized carbons (Fsp3) is 0.467. The van der Waals surface area contributed by atoms with Crippen LogP contribution < -0.4 is 5.32 Å². The number of hydrogen-bond donors (Lipinski definition) is 3. The average molecular weight is 331 g/mol. The van der Waals surface area contributed by atoms with Gasteiger partial charge in [-0.2, -0.15) is 0 Å². The molecule has 128 valence electrons. The first kappa shape index (κ1) is 18.7. The third kappa shape index (κ3) is 6.09. The van der Waals surface area contributed by atoms with Crippen LogP contribution in [0.2, 0.25) is 0 Å². The lowest BCUT2D eigenvalue weighted by Gasteiger charge is -2.20. The first-order valence-corrected chi connectivity index (χ1v) is 6.82. The quantitative estimate of drug-likeness (QED) is 0.717. The van der Waals surface area contributed by atoms with Crippen LogP contribution in [0.1, 0.15) is 38.7 Å². The molecule has 0 aliphatic heterocycles. The maximum atomic E-state index is 13.1. The predicted octanol–water partition coefficient (Wildman–Crippen LogP) is 3.56. The fourth-order valence-electron chi connectivity index (χ4n) is 1.87. The van der Waals surface area contributed by atoms with Gasteiger partial charge in [-0.1, -0.05) is 0 Å². The molecule has 1 amide bonds. The molecule has 0 fully saturated rings. The Kier molecular flexibility index (Phi) is 5.89. The summed E-state index contributed by atoms with van der Waals surface area (Å²) in [5.41, 5.74) is -0.877. The summed E-state index contributed by atoms with van der Waals surface area (Å²) in [5.74, 6) is -3.57. The second-order valence-electron chi connectivity index (χ2n) is 5.94. The number of carbonyl (C=O) groups is 2. The van der Waals surface area contributed by atoms with Crippen LogP contribution in [0.5, 0.6) is 5.75 Å². The molecule has 0 heterocycles. The zero-order valence-electron chi connectivity index (χ0n) is 13.0. The van der Waals surface area contributed by atoms with Crippen molar-refractivity contribution in [3.05, 3.63) is 23.8 Å². The van der Waals surface area contributed by atoms with E-state index in [4.69, 9.17) is 9.84 Å². The maximum Gasteiger partial charge on any atom is 0.412 e. The summed E-state index contributed by atoms with van der Waals surface area (Å²) in [7, 11) is 0. The standard InChI is InChI=1S/C15H19F2NO5/c1-15(2,3)23-14(22)18-8-4-5-11(19)9(6-8)10(13(16)17)7-12(20)21/h4-6,10,13,19H,7H2,1-3H3,(H,18,22)(H,20,21). The van der Waals surface area contributed by atoms with Gasteiger partial charge in [-0.3, -0.25) is 10.1 Å². The highest BCUT2D eigenvalue weighted by Gasteiger charge is 2.28. The zero-order valence-corrected chi connectivity index (χ0v) is 13.0. The first-order valence-electron chi connectivity index (χ1n) is 6.82. The van der Waals surface area contributed by atoms with Crippen LogP contribution in [0.15, 0.2) is 18.2 Å². The highest BCUT2D eigenvalue weighted by molar-refractivity contribution is 5.85. The topological polar surface area (TPSA) is 95.9 Å². The second kappa shape index (κ2) is 7.26. The van der Waals surface area contributed by atoms with Gasteiger partial charge in [0.05, 0.1) is 12.3 Å². The van der Waals surface area contributed by atoms with Crippen LogP contribution in [0.3, 0.4) is 0 Å². The lowest BCUT2D eigenvalue weighted by Crippen LogP contribution is -2.27. The number of halogens is 2. The van der Waals surface area contributed by atoms with E-state index in [-0.39, 0.29) is 11.3 Å². The molecule has 6 nitrogen and oxygen atoms in total. The van der Waals surface area contributed by atoms with Gasteiger partial charge in [0.1, 0.15) is 11.4 Å². The van der Waals surface area contributed by atoms with Crippen molar-refractivity contribution in [2.24, 2.45) is 0 Å². The largest absolute Gasteiger partial charge is 0.508 e. The lowest BCUT2D eigenvalue weighted by molar-refractivity contribution is -0.138. The summed E-state index contributed by atoms with van der Waals surface area (Å²) in [5, 5.41) is 20.8. The smallest absolute Gasteiger partial charge is 0.412 e. The van der Waals surface area contributed by atoms with Gasteiger partial charge in [0.25, 0.3) is 0 Å². The monoisotopic (exact) mass is 331 g/mol. The van der Waals surface area contributed by atoms with E-state index in [0.29, 0.717) is 0 Å². The molecule has 3 N–H and O–H groups in total. The summed E-state index contributed by atoms with van der Waals surface area (Å²) in [6, 6.07) is 3.52. The molecule has 0 aromatic heterocycles. The van der Waals surface area contributed by atoms with Gasteiger partial charge in [0.2, 0.25) is 6.43 Å². The zero-order chi connectivity index (χ0) is 17.8. The number of carboxylic acids is 1. The number of nitrogens with one attached hydrogen (secondary N) is 1. The Morgan fingerprint density at radius 3 is 2.39 bits per heavy atom. The number of hydrogen-bond acceptors (Lipinski definition) is 4. The van der Waals surface area contributed by atoms with E-state index >= 15 is 0 Å². The number of benzene rings is 1. The van der Waals surface area contributed by atoms with Gasteiger partial charge in [0, 0.05) is 11.3 Å². The van der Waals surface area contributed by atoms with Crippen molar-refractivity contribution in [2.45, 2.75) is 45.1 Å². The second-order valence-corrected chi connectivity index (χ2v) is 5.94. The van der Waals surface area contributed by atoms with E-state index in [1.807, 2.05) is 0 Å². The van der Waals surface area contributed by atoms with E-state index in [1.165, 1.54) is 6.07 Å². The summed E-state index contributed by atoms with van der Waals surface area (Å²) >= 11 is 0. The number of anilines is 1. The number of aliphatic carboxylic acids is 1. The Morgan fingerprint density at radius 2 is 1.91 bits per heavy atom. The van der Waals surface area contributed by atoms with E-state index in [0.717, 1.165) is 12.1 Å². The molecule has 0 saturated carbocycles. The molecule has 0 aliphatic carbocycles. The highest BCUT2D eigenvalue weighted by atomic mass is 19.3. The van der Waals surface area contributed by atoms with Crippen LogP contribution >= 0.6 is 0 Å². The third-order valence-corrected chi connectivity index (χ3v) is 2.77. The molecule has 0 spiro atoms. The Balaban J connectivity index is 3.02. The van der Waals surface area contributed by atoms with Crippen molar-refractivity contribution in [1.29, 1.82) is 0 Å². The Morgan fingerprint density at radius 1 is 1.30 bits per heavy atom. The molecule has 8 heteroatoms. The molecular formula is C15H19F2NO5. The van der Waals surface area contributed by atoms with E-state index in [2.05, 4.69) is 5.32 Å². The van der Waals surface area contributed by atoms with Crippen molar-refractivity contribution in [3.63, 3.8) is 0 Å². The lowest BCUT2D eigenvalue weighted by atomic mass is 9.94. The van der Waals surface area contributed by atoms with Crippen LogP contribution in [-0.4, -0.2) is 34.3 Å². The molecule has 1 rings (SSSR count). The SMILES string of the molecule is CC(C)(C)OC(=O)Nc1ccc(O)c(C(CC(=O)O)C(F)F)c1. The van der Waals surface area contributed by atoms with Crippen LogP contribution in [0.25, 0.3) is 0 Å². The number of phenols is 1. The first-order chi connectivity index (χ1) is 10.5. The van der Waals surface area contributed by atoms with Crippen molar-refractivity contribution >= 4 is 17.7 Å². The Labute approximate surface area is 132 Å². The Hall–Kier alpha value is -2.38. The number of phenolic OH excluding ortho intramolecular Hbond substituents is 1. The number of rotatable bonds is 5. The van der Waals surface area contributed by atoms with Crippen LogP contribution in [0, 0.1) is 0 Å². The summed E-state index contributed by atoms with van der Waals surface area (Å²) in [4.78, 5) is 22.4. The third-order valence-electron chi connectivity index (χ3n) is 2.77. The minimum atomic E-state index is -2.98. The van der Waals surface area contributed by atoms with Crippen LogP contribution in [-0.2, 0) is 9.53 Å². The van der Waals surface area contributed by atoms with Gasteiger partial charge >= 0.3 is 12.1 Å². The van der Waals surface area contributed by atoms with Gasteiger partial charge in [-0.15, -0.1) is 0 Å². The molecule has 1 unspecified atom stereocenters. The normalized spacial score (nSPS) is 12.8. The van der Waals surface area contributed by atoms with E-state index in [1.54, 1.807) is 20.8 Å². The van der Waals surface area contributed by atoms with Gasteiger partial charge < -0.3 is 14.9 Å².